The maximum atomic E-state index is 3.65. The molecule has 0 radical (unpaired) electrons. The van der Waals surface area contributed by atoms with Crippen LogP contribution >= 0.6 is 0 Å². The SMILES string of the molecule is CC(C)C1(C(C)C)CC2/C=C\CC(CNC2)C1. The van der Waals surface area contributed by atoms with Gasteiger partial charge in [0.25, 0.3) is 0 Å². The van der Waals surface area contributed by atoms with E-state index in [-0.39, 0.29) is 0 Å². The van der Waals surface area contributed by atoms with E-state index in [0.29, 0.717) is 5.41 Å². The zero-order valence-corrected chi connectivity index (χ0v) is 12.0. The number of nitrogens with one attached hydrogen (secondary N) is 1. The van der Waals surface area contributed by atoms with Gasteiger partial charge in [-0.1, -0.05) is 39.8 Å². The van der Waals surface area contributed by atoms with Crippen molar-refractivity contribution in [2.75, 3.05) is 13.1 Å². The van der Waals surface area contributed by atoms with Crippen molar-refractivity contribution in [2.24, 2.45) is 29.1 Å². The van der Waals surface area contributed by atoms with Gasteiger partial charge in [-0.15, -0.1) is 0 Å². The molecule has 0 saturated carbocycles. The fourth-order valence-corrected chi connectivity index (χ4v) is 4.10. The van der Waals surface area contributed by atoms with Gasteiger partial charge in [0.05, 0.1) is 0 Å². The van der Waals surface area contributed by atoms with Crippen molar-refractivity contribution in [3.63, 3.8) is 0 Å². The lowest BCUT2D eigenvalue weighted by molar-refractivity contribution is 0.0380. The molecule has 2 heterocycles. The van der Waals surface area contributed by atoms with E-state index in [9.17, 15) is 0 Å². The molecule has 0 aromatic carbocycles. The number of rotatable bonds is 2. The van der Waals surface area contributed by atoms with Crippen LogP contribution in [0.15, 0.2) is 12.2 Å². The Morgan fingerprint density at radius 3 is 2.41 bits per heavy atom. The molecule has 2 bridgehead atoms. The van der Waals surface area contributed by atoms with Gasteiger partial charge in [-0.2, -0.15) is 0 Å². The summed E-state index contributed by atoms with van der Waals surface area (Å²) in [6.45, 7) is 12.2. The van der Waals surface area contributed by atoms with Crippen molar-refractivity contribution >= 4 is 0 Å². The van der Waals surface area contributed by atoms with Crippen molar-refractivity contribution in [2.45, 2.75) is 47.0 Å². The normalized spacial score (nSPS) is 34.5. The van der Waals surface area contributed by atoms with Crippen LogP contribution in [0.4, 0.5) is 0 Å². The average molecular weight is 235 g/mol. The molecule has 17 heavy (non-hydrogen) atoms. The lowest BCUT2D eigenvalue weighted by atomic mass is 9.59. The molecule has 1 saturated heterocycles. The van der Waals surface area contributed by atoms with Crippen LogP contribution in [0.1, 0.15) is 47.0 Å². The van der Waals surface area contributed by atoms with E-state index in [1.165, 1.54) is 32.4 Å². The Labute approximate surface area is 107 Å². The summed E-state index contributed by atoms with van der Waals surface area (Å²) in [5.41, 5.74) is 0.558. The summed E-state index contributed by atoms with van der Waals surface area (Å²) >= 11 is 0. The zero-order valence-electron chi connectivity index (χ0n) is 12.0. The van der Waals surface area contributed by atoms with Crippen molar-refractivity contribution in [1.29, 1.82) is 0 Å². The van der Waals surface area contributed by atoms with Gasteiger partial charge < -0.3 is 5.32 Å². The summed E-state index contributed by atoms with van der Waals surface area (Å²) in [5.74, 6) is 3.20. The van der Waals surface area contributed by atoms with Crippen LogP contribution in [0.5, 0.6) is 0 Å². The molecular weight excluding hydrogens is 206 g/mol. The lowest BCUT2D eigenvalue weighted by Gasteiger charge is -2.48. The van der Waals surface area contributed by atoms with E-state index >= 15 is 0 Å². The standard InChI is InChI=1S/C16H29N/c1-12(2)16(13(3)4)8-14-6-5-7-15(9-16)11-17-10-14/h5-6,12-15,17H,7-11H2,1-4H3/b6-5-. The summed E-state index contributed by atoms with van der Waals surface area (Å²) in [6.07, 6.45) is 9.00. The third-order valence-electron chi connectivity index (χ3n) is 5.33. The molecule has 1 aliphatic carbocycles. The molecule has 1 fully saturated rings. The predicted molar refractivity (Wildman–Crippen MR) is 74.9 cm³/mol. The monoisotopic (exact) mass is 235 g/mol. The van der Waals surface area contributed by atoms with Gasteiger partial charge in [-0.3, -0.25) is 0 Å². The molecular formula is C16H29N. The second kappa shape index (κ2) is 5.14. The first-order valence-electron chi connectivity index (χ1n) is 7.42. The number of allylic oxidation sites excluding steroid dienone is 1. The number of hydrogen-bond donors (Lipinski definition) is 1. The fourth-order valence-electron chi connectivity index (χ4n) is 4.10. The first-order chi connectivity index (χ1) is 8.04. The molecule has 0 amide bonds. The van der Waals surface area contributed by atoms with Gasteiger partial charge in [0.15, 0.2) is 0 Å². The van der Waals surface area contributed by atoms with E-state index in [1.54, 1.807) is 0 Å². The van der Waals surface area contributed by atoms with Crippen molar-refractivity contribution in [1.82, 2.24) is 5.32 Å². The van der Waals surface area contributed by atoms with Crippen molar-refractivity contribution in [3.8, 4) is 0 Å². The van der Waals surface area contributed by atoms with Gasteiger partial charge in [-0.05, 0) is 54.9 Å². The second-order valence-electron chi connectivity index (χ2n) is 6.90. The smallest absolute Gasteiger partial charge is 0.00145 e. The molecule has 1 N–H and O–H groups in total. The maximum Gasteiger partial charge on any atom is 0.00145 e. The van der Waals surface area contributed by atoms with Crippen molar-refractivity contribution < 1.29 is 0 Å². The third-order valence-corrected chi connectivity index (χ3v) is 5.33. The summed E-state index contributed by atoms with van der Waals surface area (Å²) < 4.78 is 0. The quantitative estimate of drug-likeness (QED) is 0.717. The topological polar surface area (TPSA) is 12.0 Å². The van der Waals surface area contributed by atoms with E-state index < -0.39 is 0 Å². The van der Waals surface area contributed by atoms with Crippen LogP contribution in [0.25, 0.3) is 0 Å². The maximum absolute atomic E-state index is 3.65. The molecule has 0 aromatic heterocycles. The van der Waals surface area contributed by atoms with Crippen molar-refractivity contribution in [3.05, 3.63) is 12.2 Å². The molecule has 1 heteroatoms. The first-order valence-corrected chi connectivity index (χ1v) is 7.42. The Hall–Kier alpha value is -0.300. The molecule has 2 aliphatic heterocycles. The van der Waals surface area contributed by atoms with Gasteiger partial charge in [0.1, 0.15) is 0 Å². The molecule has 3 rings (SSSR count). The van der Waals surface area contributed by atoms with Gasteiger partial charge in [0, 0.05) is 6.54 Å². The molecule has 98 valence electrons. The van der Waals surface area contributed by atoms with E-state index in [2.05, 4.69) is 45.2 Å². The number of hydrogen-bond acceptors (Lipinski definition) is 1. The summed E-state index contributed by atoms with van der Waals surface area (Å²) in [7, 11) is 0. The zero-order chi connectivity index (χ0) is 12.5. The largest absolute Gasteiger partial charge is 0.316 e. The lowest BCUT2D eigenvalue weighted by Crippen LogP contribution is -2.44. The van der Waals surface area contributed by atoms with Crippen LogP contribution < -0.4 is 5.32 Å². The van der Waals surface area contributed by atoms with Crippen LogP contribution in [0.3, 0.4) is 0 Å². The Kier molecular flexibility index (Phi) is 3.97. The van der Waals surface area contributed by atoms with E-state index in [4.69, 9.17) is 0 Å². The third kappa shape index (κ3) is 2.59. The van der Waals surface area contributed by atoms with Gasteiger partial charge >= 0.3 is 0 Å². The highest BCUT2D eigenvalue weighted by atomic mass is 14.9. The Balaban J connectivity index is 2.31. The highest BCUT2D eigenvalue weighted by Crippen LogP contribution is 2.48. The minimum absolute atomic E-state index is 0.558. The Bertz CT molecular complexity index is 269. The molecule has 2 atom stereocenters. The molecule has 1 nitrogen and oxygen atoms in total. The highest BCUT2D eigenvalue weighted by molar-refractivity contribution is 5.02. The van der Waals surface area contributed by atoms with E-state index in [1.807, 2.05) is 0 Å². The minimum atomic E-state index is 0.558. The predicted octanol–water partition coefficient (Wildman–Crippen LogP) is 3.86. The van der Waals surface area contributed by atoms with Crippen LogP contribution in [0.2, 0.25) is 0 Å². The molecule has 0 spiro atoms. The average Bonchev–Trinajstić information content (AvgIpc) is 2.13. The second-order valence-corrected chi connectivity index (χ2v) is 6.90. The molecule has 3 aliphatic rings. The van der Waals surface area contributed by atoms with Gasteiger partial charge in [-0.25, -0.2) is 0 Å². The van der Waals surface area contributed by atoms with E-state index in [0.717, 1.165) is 23.7 Å². The van der Waals surface area contributed by atoms with Crippen LogP contribution in [-0.2, 0) is 0 Å². The first kappa shape index (κ1) is 13.1. The molecule has 2 unspecified atom stereocenters. The molecule has 0 aromatic rings. The summed E-state index contributed by atoms with van der Waals surface area (Å²) in [6, 6.07) is 0. The summed E-state index contributed by atoms with van der Waals surface area (Å²) in [5, 5.41) is 3.65. The summed E-state index contributed by atoms with van der Waals surface area (Å²) in [4.78, 5) is 0. The fraction of sp³-hybridized carbons (Fsp3) is 0.875. The van der Waals surface area contributed by atoms with Crippen LogP contribution in [0, 0.1) is 29.1 Å². The highest BCUT2D eigenvalue weighted by Gasteiger charge is 2.41. The Morgan fingerprint density at radius 2 is 1.76 bits per heavy atom. The number of fused-ring (bicyclic) bond motifs is 5. The van der Waals surface area contributed by atoms with Gasteiger partial charge in [0.2, 0.25) is 0 Å². The Morgan fingerprint density at radius 1 is 1.06 bits per heavy atom. The van der Waals surface area contributed by atoms with Crippen LogP contribution in [-0.4, -0.2) is 13.1 Å². The minimum Gasteiger partial charge on any atom is -0.316 e.